The summed E-state index contributed by atoms with van der Waals surface area (Å²) in [7, 11) is 0. The molecule has 2 rings (SSSR count). The zero-order valence-corrected chi connectivity index (χ0v) is 12.7. The number of carbonyl (C=O) groups is 1. The Morgan fingerprint density at radius 2 is 1.95 bits per heavy atom. The van der Waals surface area contributed by atoms with Crippen molar-refractivity contribution in [3.8, 4) is 0 Å². The van der Waals surface area contributed by atoms with Crippen molar-refractivity contribution >= 4 is 40.7 Å². The number of carbonyl (C=O) groups excluding carboxylic acids is 1. The summed E-state index contributed by atoms with van der Waals surface area (Å²) in [4.78, 5) is 12.8. The monoisotopic (exact) mass is 328 g/mol. The Hall–Kier alpha value is -1.03. The maximum Gasteiger partial charge on any atom is 0.147 e. The largest absolute Gasteiger partial charge is 0.298 e. The number of ketones is 1. The maximum absolute atomic E-state index is 12.9. The number of Topliss-reactive ketones (excluding diaryl/α,β-unsaturated/α-hetero) is 1. The standard InChI is InChI=1S/C15H11Cl2FOS/c16-11-2-1-3-14(7-11)20-9-13(19)6-10-4-5-12(18)8-15(10)17/h1-5,7-8H,6,9H2. The summed E-state index contributed by atoms with van der Waals surface area (Å²) in [6, 6.07) is 11.4. The Bertz CT molecular complexity index is 631. The molecule has 0 saturated heterocycles. The van der Waals surface area contributed by atoms with Crippen molar-refractivity contribution < 1.29 is 9.18 Å². The van der Waals surface area contributed by atoms with Crippen LogP contribution < -0.4 is 0 Å². The molecule has 0 aliphatic carbocycles. The van der Waals surface area contributed by atoms with Gasteiger partial charge in [0.1, 0.15) is 11.6 Å². The van der Waals surface area contributed by atoms with E-state index in [0.717, 1.165) is 4.90 Å². The summed E-state index contributed by atoms with van der Waals surface area (Å²) in [6.45, 7) is 0. The molecule has 0 aromatic heterocycles. The summed E-state index contributed by atoms with van der Waals surface area (Å²) >= 11 is 13.2. The van der Waals surface area contributed by atoms with Gasteiger partial charge in [-0.15, -0.1) is 11.8 Å². The fourth-order valence-corrected chi connectivity index (χ4v) is 2.95. The molecule has 0 N–H and O–H groups in total. The lowest BCUT2D eigenvalue weighted by Crippen LogP contribution is -2.06. The van der Waals surface area contributed by atoms with Gasteiger partial charge in [0.15, 0.2) is 0 Å². The van der Waals surface area contributed by atoms with Crippen LogP contribution in [0, 0.1) is 5.82 Å². The van der Waals surface area contributed by atoms with E-state index in [2.05, 4.69) is 0 Å². The van der Waals surface area contributed by atoms with E-state index in [1.54, 1.807) is 12.1 Å². The van der Waals surface area contributed by atoms with Gasteiger partial charge in [-0.05, 0) is 35.9 Å². The molecular weight excluding hydrogens is 318 g/mol. The maximum atomic E-state index is 12.9. The van der Waals surface area contributed by atoms with Gasteiger partial charge in [-0.3, -0.25) is 4.79 Å². The predicted molar refractivity (Wildman–Crippen MR) is 82.3 cm³/mol. The molecule has 0 unspecified atom stereocenters. The number of thioether (sulfide) groups is 1. The van der Waals surface area contributed by atoms with Gasteiger partial charge < -0.3 is 0 Å². The molecule has 0 amide bonds. The first kappa shape index (κ1) is 15.4. The van der Waals surface area contributed by atoms with Gasteiger partial charge in [0, 0.05) is 21.4 Å². The van der Waals surface area contributed by atoms with Crippen LogP contribution in [0.25, 0.3) is 0 Å². The van der Waals surface area contributed by atoms with Gasteiger partial charge in [-0.25, -0.2) is 4.39 Å². The summed E-state index contributed by atoms with van der Waals surface area (Å²) in [5.74, 6) is -0.0448. The Labute approximate surface area is 131 Å². The Kier molecular flexibility index (Phi) is 5.46. The lowest BCUT2D eigenvalue weighted by atomic mass is 10.1. The normalized spacial score (nSPS) is 10.6. The van der Waals surface area contributed by atoms with Crippen molar-refractivity contribution in [2.45, 2.75) is 11.3 Å². The highest BCUT2D eigenvalue weighted by Crippen LogP contribution is 2.23. The van der Waals surface area contributed by atoms with E-state index in [0.29, 0.717) is 16.3 Å². The number of benzene rings is 2. The van der Waals surface area contributed by atoms with Crippen LogP contribution in [-0.2, 0) is 11.2 Å². The van der Waals surface area contributed by atoms with Gasteiger partial charge in [-0.2, -0.15) is 0 Å². The molecule has 2 aromatic carbocycles. The molecule has 0 atom stereocenters. The first-order chi connectivity index (χ1) is 9.54. The predicted octanol–water partition coefficient (Wildman–Crippen LogP) is 5.04. The molecule has 0 heterocycles. The molecule has 5 heteroatoms. The average molecular weight is 329 g/mol. The van der Waals surface area contributed by atoms with E-state index < -0.39 is 5.82 Å². The van der Waals surface area contributed by atoms with Crippen molar-refractivity contribution in [1.29, 1.82) is 0 Å². The van der Waals surface area contributed by atoms with Crippen molar-refractivity contribution in [2.24, 2.45) is 0 Å². The van der Waals surface area contributed by atoms with E-state index in [-0.39, 0.29) is 17.2 Å². The van der Waals surface area contributed by atoms with Crippen LogP contribution in [0.3, 0.4) is 0 Å². The third-order valence-corrected chi connectivity index (χ3v) is 4.24. The summed E-state index contributed by atoms with van der Waals surface area (Å²) in [5.41, 5.74) is 0.643. The summed E-state index contributed by atoms with van der Waals surface area (Å²) in [6.07, 6.45) is 0.201. The number of hydrogen-bond donors (Lipinski definition) is 0. The molecule has 0 radical (unpaired) electrons. The summed E-state index contributed by atoms with van der Waals surface area (Å²) < 4.78 is 12.9. The van der Waals surface area contributed by atoms with Crippen LogP contribution in [0.15, 0.2) is 47.4 Å². The smallest absolute Gasteiger partial charge is 0.147 e. The highest BCUT2D eigenvalue weighted by atomic mass is 35.5. The summed E-state index contributed by atoms with van der Waals surface area (Å²) in [5, 5.41) is 0.926. The second kappa shape index (κ2) is 7.11. The molecule has 0 bridgehead atoms. The van der Waals surface area contributed by atoms with Crippen LogP contribution in [0.1, 0.15) is 5.56 Å². The SMILES string of the molecule is O=C(CSc1cccc(Cl)c1)Cc1ccc(F)cc1Cl. The van der Waals surface area contributed by atoms with Gasteiger partial charge >= 0.3 is 0 Å². The van der Waals surface area contributed by atoms with Crippen LogP contribution in [0.4, 0.5) is 4.39 Å². The Balaban J connectivity index is 1.92. The molecule has 20 heavy (non-hydrogen) atoms. The van der Waals surface area contributed by atoms with Crippen molar-refractivity contribution in [3.05, 3.63) is 63.9 Å². The molecule has 0 saturated carbocycles. The average Bonchev–Trinajstić information content (AvgIpc) is 2.40. The van der Waals surface area contributed by atoms with Crippen molar-refractivity contribution in [1.82, 2.24) is 0 Å². The zero-order valence-electron chi connectivity index (χ0n) is 10.4. The second-order valence-corrected chi connectivity index (χ2v) is 6.09. The van der Waals surface area contributed by atoms with Crippen LogP contribution >= 0.6 is 35.0 Å². The fourth-order valence-electron chi connectivity index (χ4n) is 1.65. The van der Waals surface area contributed by atoms with E-state index >= 15 is 0 Å². The molecule has 104 valence electrons. The lowest BCUT2D eigenvalue weighted by Gasteiger charge is -2.04. The first-order valence-corrected chi connectivity index (χ1v) is 7.63. The van der Waals surface area contributed by atoms with Crippen LogP contribution in [0.5, 0.6) is 0 Å². The van der Waals surface area contributed by atoms with Gasteiger partial charge in [0.25, 0.3) is 0 Å². The van der Waals surface area contributed by atoms with Crippen molar-refractivity contribution in [3.63, 3.8) is 0 Å². The van der Waals surface area contributed by atoms with E-state index in [4.69, 9.17) is 23.2 Å². The molecule has 2 aromatic rings. The number of rotatable bonds is 5. The van der Waals surface area contributed by atoms with Gasteiger partial charge in [0.2, 0.25) is 0 Å². The molecule has 0 aliphatic heterocycles. The third-order valence-electron chi connectivity index (χ3n) is 2.60. The molecule has 0 aliphatic rings. The van der Waals surface area contributed by atoms with Gasteiger partial charge in [0.05, 0.1) is 5.75 Å². The van der Waals surface area contributed by atoms with E-state index in [1.807, 2.05) is 18.2 Å². The first-order valence-electron chi connectivity index (χ1n) is 5.88. The third kappa shape index (κ3) is 4.51. The quantitative estimate of drug-likeness (QED) is 0.715. The zero-order chi connectivity index (χ0) is 14.5. The molecule has 1 nitrogen and oxygen atoms in total. The highest BCUT2D eigenvalue weighted by Gasteiger charge is 2.09. The molecular formula is C15H11Cl2FOS. The fraction of sp³-hybridized carbons (Fsp3) is 0.133. The van der Waals surface area contributed by atoms with Crippen molar-refractivity contribution in [2.75, 3.05) is 5.75 Å². The molecule has 0 spiro atoms. The Morgan fingerprint density at radius 3 is 2.65 bits per heavy atom. The molecule has 0 fully saturated rings. The number of halogens is 3. The minimum atomic E-state index is -0.403. The van der Waals surface area contributed by atoms with Crippen LogP contribution in [-0.4, -0.2) is 11.5 Å². The minimum absolute atomic E-state index is 0.0310. The van der Waals surface area contributed by atoms with E-state index in [9.17, 15) is 9.18 Å². The highest BCUT2D eigenvalue weighted by molar-refractivity contribution is 8.00. The van der Waals surface area contributed by atoms with Crippen LogP contribution in [0.2, 0.25) is 10.0 Å². The second-order valence-electron chi connectivity index (χ2n) is 4.20. The van der Waals surface area contributed by atoms with Gasteiger partial charge in [-0.1, -0.05) is 35.3 Å². The lowest BCUT2D eigenvalue weighted by molar-refractivity contribution is -0.116. The topological polar surface area (TPSA) is 17.1 Å². The minimum Gasteiger partial charge on any atom is -0.298 e. The Morgan fingerprint density at radius 1 is 1.15 bits per heavy atom. The number of hydrogen-bond acceptors (Lipinski definition) is 2. The van der Waals surface area contributed by atoms with E-state index in [1.165, 1.54) is 23.9 Å².